The first-order chi connectivity index (χ1) is 8.93. The van der Waals surface area contributed by atoms with E-state index in [2.05, 4.69) is 15.0 Å². The van der Waals surface area contributed by atoms with E-state index in [1.807, 2.05) is 0 Å². The Morgan fingerprint density at radius 3 is 3.11 bits per heavy atom. The predicted octanol–water partition coefficient (Wildman–Crippen LogP) is 0.640. The number of thioether (sulfide) groups is 1. The van der Waals surface area contributed by atoms with Crippen molar-refractivity contribution in [2.45, 2.75) is 23.1 Å². The van der Waals surface area contributed by atoms with Crippen molar-refractivity contribution in [3.8, 4) is 0 Å². The zero-order valence-corrected chi connectivity index (χ0v) is 10.7. The molecule has 1 aromatic rings. The zero-order valence-electron chi connectivity index (χ0n) is 9.89. The molecule has 2 heterocycles. The molecule has 0 aromatic carbocycles. The molecule has 0 radical (unpaired) electrons. The van der Waals surface area contributed by atoms with Gasteiger partial charge in [-0.2, -0.15) is 4.98 Å². The largest absolute Gasteiger partial charge is 0.395 e. The summed E-state index contributed by atoms with van der Waals surface area (Å²) in [5, 5.41) is 11.8. The van der Waals surface area contributed by atoms with E-state index in [4.69, 9.17) is 11.3 Å². The van der Waals surface area contributed by atoms with Crippen LogP contribution in [0.2, 0.25) is 0 Å². The minimum absolute atomic E-state index is 0.212. The van der Waals surface area contributed by atoms with Crippen LogP contribution in [0, 0.1) is 5.82 Å². The summed E-state index contributed by atoms with van der Waals surface area (Å²) in [4.78, 5) is 17.8. The molecule has 2 rings (SSSR count). The van der Waals surface area contributed by atoms with Crippen LogP contribution < -0.4 is 11.4 Å². The molecule has 1 aliphatic heterocycles. The van der Waals surface area contributed by atoms with Crippen LogP contribution in [0.1, 0.15) is 12.3 Å². The van der Waals surface area contributed by atoms with Gasteiger partial charge in [0.05, 0.1) is 17.5 Å². The average Bonchev–Trinajstić information content (AvgIpc) is 2.35. The molecule has 0 aliphatic carbocycles. The molecule has 0 saturated carbocycles. The molecular formula is C9H11FN6O2S. The van der Waals surface area contributed by atoms with Crippen LogP contribution in [0.3, 0.4) is 0 Å². The lowest BCUT2D eigenvalue weighted by atomic mass is 9.96. The fourth-order valence-electron chi connectivity index (χ4n) is 1.93. The van der Waals surface area contributed by atoms with Crippen molar-refractivity contribution in [2.24, 2.45) is 5.11 Å². The summed E-state index contributed by atoms with van der Waals surface area (Å²) in [5.41, 5.74) is 12.0. The van der Waals surface area contributed by atoms with Crippen LogP contribution in [0.25, 0.3) is 10.4 Å². The number of aliphatic hydroxyl groups excluding tert-OH is 1. The molecule has 1 aliphatic rings. The van der Waals surface area contributed by atoms with E-state index in [-0.39, 0.29) is 11.9 Å². The van der Waals surface area contributed by atoms with Gasteiger partial charge in [0.15, 0.2) is 11.6 Å². The van der Waals surface area contributed by atoms with Crippen LogP contribution in [0.5, 0.6) is 0 Å². The van der Waals surface area contributed by atoms with Crippen LogP contribution in [0.15, 0.2) is 16.1 Å². The third-order valence-corrected chi connectivity index (χ3v) is 4.97. The smallest absolute Gasteiger partial charge is 0.350 e. The van der Waals surface area contributed by atoms with Crippen molar-refractivity contribution >= 4 is 17.6 Å². The number of nitrogen functional groups attached to an aromatic ring is 1. The highest BCUT2D eigenvalue weighted by molar-refractivity contribution is 8.01. The second-order valence-electron chi connectivity index (χ2n) is 4.24. The number of azide groups is 1. The van der Waals surface area contributed by atoms with Crippen molar-refractivity contribution < 1.29 is 9.50 Å². The Labute approximate surface area is 111 Å². The number of anilines is 1. The fourth-order valence-corrected chi connectivity index (χ4v) is 3.32. The summed E-state index contributed by atoms with van der Waals surface area (Å²) < 4.78 is 14.4. The maximum Gasteiger partial charge on any atom is 0.350 e. The van der Waals surface area contributed by atoms with Gasteiger partial charge in [0.1, 0.15) is 0 Å². The molecule has 10 heteroatoms. The van der Waals surface area contributed by atoms with E-state index < -0.39 is 28.2 Å². The van der Waals surface area contributed by atoms with Crippen molar-refractivity contribution in [3.05, 3.63) is 32.9 Å². The van der Waals surface area contributed by atoms with Gasteiger partial charge in [0.2, 0.25) is 0 Å². The van der Waals surface area contributed by atoms with Crippen LogP contribution in [-0.2, 0) is 0 Å². The van der Waals surface area contributed by atoms with Crippen molar-refractivity contribution in [2.75, 3.05) is 12.3 Å². The molecule has 1 aromatic heterocycles. The number of halogens is 1. The van der Waals surface area contributed by atoms with Gasteiger partial charge in [-0.3, -0.25) is 4.57 Å². The van der Waals surface area contributed by atoms with Crippen LogP contribution >= 0.6 is 11.8 Å². The van der Waals surface area contributed by atoms with Gasteiger partial charge < -0.3 is 10.8 Å². The van der Waals surface area contributed by atoms with Gasteiger partial charge in [0.25, 0.3) is 0 Å². The molecule has 19 heavy (non-hydrogen) atoms. The van der Waals surface area contributed by atoms with Gasteiger partial charge in [-0.15, -0.1) is 11.8 Å². The summed E-state index contributed by atoms with van der Waals surface area (Å²) in [5.74, 6) is -1.30. The van der Waals surface area contributed by atoms with E-state index in [1.165, 1.54) is 11.8 Å². The second-order valence-corrected chi connectivity index (χ2v) is 5.53. The number of hydrogen-bond acceptors (Lipinski definition) is 6. The van der Waals surface area contributed by atoms with Crippen molar-refractivity contribution in [3.63, 3.8) is 0 Å². The zero-order chi connectivity index (χ0) is 14.2. The first-order valence-electron chi connectivity index (χ1n) is 5.30. The predicted molar refractivity (Wildman–Crippen MR) is 67.9 cm³/mol. The van der Waals surface area contributed by atoms with Crippen LogP contribution in [-0.4, -0.2) is 32.1 Å². The molecule has 3 atom stereocenters. The van der Waals surface area contributed by atoms with Gasteiger partial charge in [0, 0.05) is 16.4 Å². The minimum Gasteiger partial charge on any atom is -0.395 e. The summed E-state index contributed by atoms with van der Waals surface area (Å²) in [6, 6.07) is 0. The lowest BCUT2D eigenvalue weighted by molar-refractivity contribution is 0.216. The van der Waals surface area contributed by atoms with Gasteiger partial charge in [-0.25, -0.2) is 9.18 Å². The Hall–Kier alpha value is -1.77. The summed E-state index contributed by atoms with van der Waals surface area (Å²) in [6.07, 6.45) is 0.932. The van der Waals surface area contributed by atoms with E-state index in [0.717, 1.165) is 10.8 Å². The molecule has 0 bridgehead atoms. The molecular weight excluding hydrogens is 275 g/mol. The number of rotatable bonds is 3. The summed E-state index contributed by atoms with van der Waals surface area (Å²) in [7, 11) is 0. The highest BCUT2D eigenvalue weighted by atomic mass is 32.2. The molecule has 1 fully saturated rings. The topological polar surface area (TPSA) is 130 Å². The Balaban J connectivity index is 2.46. The van der Waals surface area contributed by atoms with E-state index in [0.29, 0.717) is 0 Å². The quantitative estimate of drug-likeness (QED) is 0.478. The molecule has 0 amide bonds. The molecule has 3 N–H and O–H groups in total. The number of aromatic nitrogens is 2. The van der Waals surface area contributed by atoms with Gasteiger partial charge in [-0.05, 0) is 12.5 Å². The number of hydrogen-bond donors (Lipinski definition) is 2. The number of aliphatic hydroxyl groups is 1. The SMILES string of the molecule is C[C@@]1(N=[N+]=[N-])[C@@H](CO)S[C@H]1n1cc(F)c(N)nc1=O. The molecule has 1 saturated heterocycles. The Kier molecular flexibility index (Phi) is 3.40. The lowest BCUT2D eigenvalue weighted by Gasteiger charge is -2.49. The molecule has 102 valence electrons. The summed E-state index contributed by atoms with van der Waals surface area (Å²) >= 11 is 1.20. The van der Waals surface area contributed by atoms with Crippen molar-refractivity contribution in [1.82, 2.24) is 9.55 Å². The first kappa shape index (κ1) is 13.7. The molecule has 0 spiro atoms. The standard InChI is InChI=1S/C9H11FN6O2S/c1-9(14-15-12)5(3-17)19-7(9)16-2-4(10)6(11)13-8(16)18/h2,5,7,17H,3H2,1H3,(H2,11,13,18)/t5-,7-,9-/m1/s1. The molecule has 8 nitrogen and oxygen atoms in total. The monoisotopic (exact) mass is 286 g/mol. The van der Waals surface area contributed by atoms with Crippen LogP contribution in [0.4, 0.5) is 10.2 Å². The maximum absolute atomic E-state index is 13.4. The minimum atomic E-state index is -1.03. The third-order valence-electron chi connectivity index (χ3n) is 3.06. The highest BCUT2D eigenvalue weighted by Crippen LogP contribution is 2.54. The lowest BCUT2D eigenvalue weighted by Crippen LogP contribution is -2.55. The van der Waals surface area contributed by atoms with Gasteiger partial charge in [-0.1, -0.05) is 5.11 Å². The number of nitrogens with two attached hydrogens (primary N) is 1. The van der Waals surface area contributed by atoms with E-state index in [9.17, 15) is 14.3 Å². The highest BCUT2D eigenvalue weighted by Gasteiger charge is 2.53. The fraction of sp³-hybridized carbons (Fsp3) is 0.556. The maximum atomic E-state index is 13.4. The third kappa shape index (κ3) is 2.03. The Bertz CT molecular complexity index is 615. The summed E-state index contributed by atoms with van der Waals surface area (Å²) in [6.45, 7) is 1.38. The normalized spacial score (nSPS) is 29.4. The average molecular weight is 286 g/mol. The van der Waals surface area contributed by atoms with E-state index >= 15 is 0 Å². The van der Waals surface area contributed by atoms with Crippen molar-refractivity contribution in [1.29, 1.82) is 0 Å². The first-order valence-corrected chi connectivity index (χ1v) is 6.25. The van der Waals surface area contributed by atoms with E-state index in [1.54, 1.807) is 6.92 Å². The van der Waals surface area contributed by atoms with Gasteiger partial charge >= 0.3 is 5.69 Å². The number of nitrogens with zero attached hydrogens (tertiary/aromatic N) is 5. The molecule has 0 unspecified atom stereocenters. The Morgan fingerprint density at radius 2 is 2.53 bits per heavy atom. The second kappa shape index (κ2) is 4.72. The Morgan fingerprint density at radius 1 is 1.84 bits per heavy atom.